The first-order valence-corrected chi connectivity index (χ1v) is 8.88. The minimum atomic E-state index is -0.287. The molecule has 2 nitrogen and oxygen atoms in total. The van der Waals surface area contributed by atoms with E-state index < -0.39 is 0 Å². The lowest BCUT2D eigenvalue weighted by Crippen LogP contribution is -2.48. The molecule has 2 N–H and O–H groups in total. The van der Waals surface area contributed by atoms with Gasteiger partial charge in [0, 0.05) is 11.0 Å². The number of nitrogens with one attached hydrogen (secondary N) is 1. The Morgan fingerprint density at radius 2 is 1.95 bits per heavy atom. The normalized spacial score (nSPS) is 19.1. The maximum Gasteiger partial charge on any atom is 0.0760 e. The van der Waals surface area contributed by atoms with Gasteiger partial charge in [0.15, 0.2) is 0 Å². The largest absolute Gasteiger partial charge is 0.394 e. The summed E-state index contributed by atoms with van der Waals surface area (Å²) in [6.07, 6.45) is 6.52. The molecule has 1 atom stereocenters. The second kappa shape index (κ2) is 8.06. The van der Waals surface area contributed by atoms with Crippen molar-refractivity contribution in [3.63, 3.8) is 0 Å². The van der Waals surface area contributed by atoms with Gasteiger partial charge in [-0.1, -0.05) is 50.1 Å². The Bertz CT molecular complexity index is 378. The van der Waals surface area contributed by atoms with Gasteiger partial charge in [0.05, 0.1) is 12.1 Å². The molecule has 0 aromatic heterocycles. The highest BCUT2D eigenvalue weighted by molar-refractivity contribution is 7.99. The molecular weight excluding hydrogens is 266 g/mol. The summed E-state index contributed by atoms with van der Waals surface area (Å²) in [5, 5.41) is 14.4. The number of benzene rings is 1. The number of aliphatic hydroxyl groups is 1. The van der Waals surface area contributed by atoms with Crippen LogP contribution in [0.4, 0.5) is 0 Å². The average Bonchev–Trinajstić information content (AvgIpc) is 3.02. The molecule has 2 rings (SSSR count). The molecule has 112 valence electrons. The molecule has 1 saturated carbocycles. The molecule has 20 heavy (non-hydrogen) atoms. The van der Waals surface area contributed by atoms with E-state index in [4.69, 9.17) is 0 Å². The van der Waals surface area contributed by atoms with Gasteiger partial charge in [-0.15, -0.1) is 0 Å². The van der Waals surface area contributed by atoms with Crippen LogP contribution in [0.5, 0.6) is 0 Å². The van der Waals surface area contributed by atoms with E-state index >= 15 is 0 Å². The fourth-order valence-corrected chi connectivity index (χ4v) is 4.41. The third-order valence-electron chi connectivity index (χ3n) is 4.18. The van der Waals surface area contributed by atoms with E-state index in [0.29, 0.717) is 0 Å². The minimum Gasteiger partial charge on any atom is -0.394 e. The van der Waals surface area contributed by atoms with Gasteiger partial charge in [-0.3, -0.25) is 0 Å². The standard InChI is InChI=1S/C17H27NOS/c1-2-12-18-17(13-19,15-8-4-3-5-9-15)14-20-16-10-6-7-11-16/h3-5,8-9,16,18-19H,2,6-7,10-14H2,1H3. The summed E-state index contributed by atoms with van der Waals surface area (Å²) in [4.78, 5) is 0. The highest BCUT2D eigenvalue weighted by Gasteiger charge is 2.32. The van der Waals surface area contributed by atoms with Crippen LogP contribution < -0.4 is 5.32 Å². The van der Waals surface area contributed by atoms with Crippen molar-refractivity contribution in [3.05, 3.63) is 35.9 Å². The van der Waals surface area contributed by atoms with Crippen LogP contribution in [0.15, 0.2) is 30.3 Å². The second-order valence-corrected chi connectivity index (χ2v) is 7.04. The number of rotatable bonds is 8. The summed E-state index contributed by atoms with van der Waals surface area (Å²) < 4.78 is 0. The summed E-state index contributed by atoms with van der Waals surface area (Å²) >= 11 is 2.04. The van der Waals surface area contributed by atoms with Crippen LogP contribution in [0.25, 0.3) is 0 Å². The van der Waals surface area contributed by atoms with Crippen molar-refractivity contribution in [2.75, 3.05) is 18.9 Å². The molecule has 1 aromatic carbocycles. The summed E-state index contributed by atoms with van der Waals surface area (Å²) in [6, 6.07) is 10.4. The Labute approximate surface area is 127 Å². The van der Waals surface area contributed by atoms with Crippen molar-refractivity contribution in [2.45, 2.75) is 49.8 Å². The SMILES string of the molecule is CCCNC(CO)(CSC1CCCC1)c1ccccc1. The summed E-state index contributed by atoms with van der Waals surface area (Å²) in [7, 11) is 0. The average molecular weight is 293 g/mol. The maximum atomic E-state index is 10.1. The lowest BCUT2D eigenvalue weighted by atomic mass is 9.92. The zero-order chi connectivity index (χ0) is 14.3. The first kappa shape index (κ1) is 15.9. The molecule has 0 spiro atoms. The van der Waals surface area contributed by atoms with Crippen LogP contribution in [-0.4, -0.2) is 29.3 Å². The van der Waals surface area contributed by atoms with Gasteiger partial charge in [0.2, 0.25) is 0 Å². The predicted octanol–water partition coefficient (Wildman–Crippen LogP) is 3.55. The summed E-state index contributed by atoms with van der Waals surface area (Å²) in [5.74, 6) is 0.957. The summed E-state index contributed by atoms with van der Waals surface area (Å²) in [5.41, 5.74) is 0.922. The molecule has 3 heteroatoms. The Kier molecular flexibility index (Phi) is 6.40. The van der Waals surface area contributed by atoms with E-state index in [2.05, 4.69) is 36.5 Å². The zero-order valence-electron chi connectivity index (χ0n) is 12.5. The van der Waals surface area contributed by atoms with Gasteiger partial charge < -0.3 is 10.4 Å². The first-order chi connectivity index (χ1) is 9.80. The first-order valence-electron chi connectivity index (χ1n) is 7.84. The van der Waals surface area contributed by atoms with E-state index in [-0.39, 0.29) is 12.1 Å². The van der Waals surface area contributed by atoms with Crippen molar-refractivity contribution >= 4 is 11.8 Å². The van der Waals surface area contributed by atoms with Crippen molar-refractivity contribution in [1.29, 1.82) is 0 Å². The van der Waals surface area contributed by atoms with Gasteiger partial charge in [-0.05, 0) is 31.4 Å². The third-order valence-corrected chi connectivity index (χ3v) is 5.78. The molecule has 0 heterocycles. The van der Waals surface area contributed by atoms with Gasteiger partial charge >= 0.3 is 0 Å². The maximum absolute atomic E-state index is 10.1. The monoisotopic (exact) mass is 293 g/mol. The van der Waals surface area contributed by atoms with Crippen molar-refractivity contribution in [1.82, 2.24) is 5.32 Å². The second-order valence-electron chi connectivity index (χ2n) is 5.75. The Morgan fingerprint density at radius 1 is 1.25 bits per heavy atom. The fraction of sp³-hybridized carbons (Fsp3) is 0.647. The quantitative estimate of drug-likeness (QED) is 0.769. The highest BCUT2D eigenvalue weighted by Crippen LogP contribution is 2.34. The van der Waals surface area contributed by atoms with Gasteiger partial charge in [-0.2, -0.15) is 11.8 Å². The molecule has 1 aliphatic carbocycles. The highest BCUT2D eigenvalue weighted by atomic mass is 32.2. The van der Waals surface area contributed by atoms with Gasteiger partial charge in [0.25, 0.3) is 0 Å². The van der Waals surface area contributed by atoms with Crippen molar-refractivity contribution in [3.8, 4) is 0 Å². The smallest absolute Gasteiger partial charge is 0.0760 e. The Morgan fingerprint density at radius 3 is 2.55 bits per heavy atom. The molecule has 0 saturated heterocycles. The van der Waals surface area contributed by atoms with E-state index in [1.807, 2.05) is 17.8 Å². The van der Waals surface area contributed by atoms with E-state index in [9.17, 15) is 5.11 Å². The van der Waals surface area contributed by atoms with Gasteiger partial charge in [-0.25, -0.2) is 0 Å². The summed E-state index contributed by atoms with van der Waals surface area (Å²) in [6.45, 7) is 3.28. The minimum absolute atomic E-state index is 0.163. The molecule has 0 amide bonds. The van der Waals surface area contributed by atoms with Crippen molar-refractivity contribution < 1.29 is 5.11 Å². The number of aliphatic hydroxyl groups excluding tert-OH is 1. The van der Waals surface area contributed by atoms with E-state index in [1.54, 1.807) is 0 Å². The van der Waals surface area contributed by atoms with Gasteiger partial charge in [0.1, 0.15) is 0 Å². The molecule has 1 aromatic rings. The van der Waals surface area contributed by atoms with Crippen LogP contribution in [0.2, 0.25) is 0 Å². The molecule has 0 bridgehead atoms. The number of thioether (sulfide) groups is 1. The van der Waals surface area contributed by atoms with Crippen LogP contribution in [0.3, 0.4) is 0 Å². The lowest BCUT2D eigenvalue weighted by molar-refractivity contribution is 0.179. The molecule has 0 aliphatic heterocycles. The topological polar surface area (TPSA) is 32.3 Å². The van der Waals surface area contributed by atoms with Crippen LogP contribution in [0.1, 0.15) is 44.6 Å². The third kappa shape index (κ3) is 4.00. The van der Waals surface area contributed by atoms with Crippen molar-refractivity contribution in [2.24, 2.45) is 0 Å². The molecule has 1 aliphatic rings. The molecule has 0 radical (unpaired) electrons. The van der Waals surface area contributed by atoms with E-state index in [1.165, 1.54) is 31.2 Å². The van der Waals surface area contributed by atoms with Crippen LogP contribution in [-0.2, 0) is 5.54 Å². The predicted molar refractivity (Wildman–Crippen MR) is 88.2 cm³/mol. The van der Waals surface area contributed by atoms with Crippen LogP contribution >= 0.6 is 11.8 Å². The number of hydrogen-bond donors (Lipinski definition) is 2. The molecule has 1 fully saturated rings. The lowest BCUT2D eigenvalue weighted by Gasteiger charge is -2.34. The number of hydrogen-bond acceptors (Lipinski definition) is 3. The fourth-order valence-electron chi connectivity index (χ4n) is 2.87. The molecular formula is C17H27NOS. The van der Waals surface area contributed by atoms with E-state index in [0.717, 1.165) is 24.0 Å². The van der Waals surface area contributed by atoms with Crippen LogP contribution in [0, 0.1) is 0 Å². The zero-order valence-corrected chi connectivity index (χ0v) is 13.3. The Balaban J connectivity index is 2.08. The Hall–Kier alpha value is -0.510. The molecule has 1 unspecified atom stereocenters.